The molecule has 0 bridgehead atoms. The quantitative estimate of drug-likeness (QED) is 0.633. The molecule has 4 rings (SSSR count). The number of carbonyl (C=O) groups excluding carboxylic acids is 1. The lowest BCUT2D eigenvalue weighted by Gasteiger charge is -2.29. The van der Waals surface area contributed by atoms with E-state index in [1.165, 1.54) is 10.6 Å². The van der Waals surface area contributed by atoms with Gasteiger partial charge >= 0.3 is 0 Å². The lowest BCUT2D eigenvalue weighted by atomic mass is 9.91. The third-order valence-corrected chi connectivity index (χ3v) is 6.77. The molecular formula is C20H23N5O3S. The Morgan fingerprint density at radius 3 is 2.55 bits per heavy atom. The number of hydrogen-bond donors (Lipinski definition) is 0. The number of piperidine rings is 1. The van der Waals surface area contributed by atoms with Crippen LogP contribution in [-0.2, 0) is 28.3 Å². The summed E-state index contributed by atoms with van der Waals surface area (Å²) in [6.45, 7) is 0.802. The van der Waals surface area contributed by atoms with Gasteiger partial charge in [0.15, 0.2) is 0 Å². The maximum Gasteiger partial charge on any atom is 0.211 e. The zero-order valence-corrected chi connectivity index (χ0v) is 17.3. The highest BCUT2D eigenvalue weighted by atomic mass is 32.2. The molecule has 1 aliphatic rings. The molecule has 1 saturated heterocycles. The SMILES string of the molecule is Cn1cncc1-c1cnc2cnc(CC(=O)C3CCN(S(C)(=O)=O)CC3)cc2c1. The van der Waals surface area contributed by atoms with Crippen molar-refractivity contribution in [2.45, 2.75) is 19.3 Å². The summed E-state index contributed by atoms with van der Waals surface area (Å²) in [5.74, 6) is -0.00912. The molecule has 0 N–H and O–H groups in total. The summed E-state index contributed by atoms with van der Waals surface area (Å²) in [5.41, 5.74) is 3.39. The number of aryl methyl sites for hydroxylation is 1. The van der Waals surface area contributed by atoms with E-state index in [2.05, 4.69) is 15.0 Å². The normalized spacial score (nSPS) is 16.3. The van der Waals surface area contributed by atoms with Crippen LogP contribution in [0.1, 0.15) is 18.5 Å². The molecule has 3 aromatic heterocycles. The Balaban J connectivity index is 1.49. The first-order chi connectivity index (χ1) is 13.8. The van der Waals surface area contributed by atoms with Gasteiger partial charge in [0.2, 0.25) is 10.0 Å². The van der Waals surface area contributed by atoms with Crippen LogP contribution in [0.2, 0.25) is 0 Å². The summed E-state index contributed by atoms with van der Waals surface area (Å²) in [5, 5.41) is 0.924. The summed E-state index contributed by atoms with van der Waals surface area (Å²) < 4.78 is 26.6. The predicted molar refractivity (Wildman–Crippen MR) is 110 cm³/mol. The summed E-state index contributed by atoms with van der Waals surface area (Å²) in [6, 6.07) is 3.94. The van der Waals surface area contributed by atoms with Gasteiger partial charge in [-0.15, -0.1) is 0 Å². The average Bonchev–Trinajstić information content (AvgIpc) is 3.13. The molecule has 3 aromatic rings. The van der Waals surface area contributed by atoms with Gasteiger partial charge in [-0.25, -0.2) is 17.7 Å². The van der Waals surface area contributed by atoms with Gasteiger partial charge in [-0.05, 0) is 25.0 Å². The van der Waals surface area contributed by atoms with Crippen LogP contribution in [0.5, 0.6) is 0 Å². The van der Waals surface area contributed by atoms with E-state index in [-0.39, 0.29) is 18.1 Å². The molecule has 0 atom stereocenters. The minimum Gasteiger partial charge on any atom is -0.334 e. The lowest BCUT2D eigenvalue weighted by molar-refractivity contribution is -0.123. The number of sulfonamides is 1. The van der Waals surface area contributed by atoms with Crippen LogP contribution in [0.15, 0.2) is 37.1 Å². The molecule has 1 aliphatic heterocycles. The van der Waals surface area contributed by atoms with Crippen LogP contribution in [0, 0.1) is 5.92 Å². The van der Waals surface area contributed by atoms with Gasteiger partial charge in [0.1, 0.15) is 5.78 Å². The number of nitrogens with zero attached hydrogens (tertiary/aromatic N) is 5. The summed E-state index contributed by atoms with van der Waals surface area (Å²) in [4.78, 5) is 25.7. The van der Waals surface area contributed by atoms with Gasteiger partial charge in [0.05, 0.1) is 36.2 Å². The van der Waals surface area contributed by atoms with Crippen LogP contribution >= 0.6 is 0 Å². The second-order valence-electron chi connectivity index (χ2n) is 7.56. The number of ketones is 1. The van der Waals surface area contributed by atoms with Gasteiger partial charge in [0.25, 0.3) is 0 Å². The van der Waals surface area contributed by atoms with Crippen molar-refractivity contribution in [1.82, 2.24) is 23.8 Å². The summed E-state index contributed by atoms with van der Waals surface area (Å²) in [7, 11) is -1.26. The molecule has 4 heterocycles. The second-order valence-corrected chi connectivity index (χ2v) is 9.54. The fourth-order valence-electron chi connectivity index (χ4n) is 3.78. The molecule has 0 spiro atoms. The first kappa shape index (κ1) is 19.7. The van der Waals surface area contributed by atoms with Crippen LogP contribution in [-0.4, -0.2) is 57.4 Å². The molecule has 152 valence electrons. The number of imidazole rings is 1. The molecule has 0 aliphatic carbocycles. The van der Waals surface area contributed by atoms with Crippen molar-refractivity contribution in [2.24, 2.45) is 13.0 Å². The number of fused-ring (bicyclic) bond motifs is 1. The smallest absolute Gasteiger partial charge is 0.211 e. The average molecular weight is 414 g/mol. The van der Waals surface area contributed by atoms with Crippen LogP contribution in [0.4, 0.5) is 0 Å². The highest BCUT2D eigenvalue weighted by Crippen LogP contribution is 2.24. The van der Waals surface area contributed by atoms with Crippen molar-refractivity contribution in [2.75, 3.05) is 19.3 Å². The van der Waals surface area contributed by atoms with Crippen molar-refractivity contribution in [3.8, 4) is 11.3 Å². The van der Waals surface area contributed by atoms with Crippen LogP contribution in [0.25, 0.3) is 22.2 Å². The zero-order chi connectivity index (χ0) is 20.6. The number of pyridine rings is 2. The van der Waals surface area contributed by atoms with E-state index >= 15 is 0 Å². The van der Waals surface area contributed by atoms with E-state index in [1.807, 2.05) is 23.7 Å². The van der Waals surface area contributed by atoms with Gasteiger partial charge in [-0.2, -0.15) is 0 Å². The topological polar surface area (TPSA) is 98.1 Å². The van der Waals surface area contributed by atoms with Crippen molar-refractivity contribution in [3.63, 3.8) is 0 Å². The maximum absolute atomic E-state index is 12.7. The largest absolute Gasteiger partial charge is 0.334 e. The summed E-state index contributed by atoms with van der Waals surface area (Å²) in [6.07, 6.45) is 9.59. The third kappa shape index (κ3) is 4.20. The molecule has 29 heavy (non-hydrogen) atoms. The Morgan fingerprint density at radius 1 is 1.14 bits per heavy atom. The van der Waals surface area contributed by atoms with Crippen LogP contribution < -0.4 is 0 Å². The summed E-state index contributed by atoms with van der Waals surface area (Å²) >= 11 is 0. The minimum atomic E-state index is -3.19. The Bertz CT molecular complexity index is 1160. The molecule has 0 saturated carbocycles. The second kappa shape index (κ2) is 7.64. The van der Waals surface area contributed by atoms with E-state index in [9.17, 15) is 13.2 Å². The highest BCUT2D eigenvalue weighted by Gasteiger charge is 2.28. The Labute approximate surface area is 169 Å². The Hall–Kier alpha value is -2.65. The molecular weight excluding hydrogens is 390 g/mol. The van der Waals surface area contributed by atoms with Crippen molar-refractivity contribution >= 4 is 26.7 Å². The number of aromatic nitrogens is 4. The monoisotopic (exact) mass is 413 g/mol. The Kier molecular flexibility index (Phi) is 5.18. The lowest BCUT2D eigenvalue weighted by Crippen LogP contribution is -2.39. The fourth-order valence-corrected chi connectivity index (χ4v) is 4.66. The number of Topliss-reactive ketones (excluding diaryl/α,β-unsaturated/α-hetero) is 1. The number of hydrogen-bond acceptors (Lipinski definition) is 6. The van der Waals surface area contributed by atoms with Crippen molar-refractivity contribution < 1.29 is 13.2 Å². The molecule has 0 aromatic carbocycles. The van der Waals surface area contributed by atoms with Gasteiger partial charge in [-0.3, -0.25) is 14.8 Å². The van der Waals surface area contributed by atoms with Gasteiger partial charge in [-0.1, -0.05) is 0 Å². The fraction of sp³-hybridized carbons (Fsp3) is 0.400. The van der Waals surface area contributed by atoms with Crippen LogP contribution in [0.3, 0.4) is 0 Å². The van der Waals surface area contributed by atoms with Gasteiger partial charge < -0.3 is 4.57 Å². The first-order valence-corrected chi connectivity index (χ1v) is 11.4. The van der Waals surface area contributed by atoms with Crippen molar-refractivity contribution in [3.05, 3.63) is 42.7 Å². The standard InChI is InChI=1S/C20H23N5O3S/c1-24-13-21-12-19(24)16-7-15-8-17(22-11-18(15)23-10-16)9-20(26)14-3-5-25(6-4-14)29(2,27)28/h7-8,10-14H,3-6,9H2,1-2H3. The molecule has 0 radical (unpaired) electrons. The van der Waals surface area contributed by atoms with Gasteiger partial charge in [0, 0.05) is 55.3 Å². The molecule has 9 heteroatoms. The highest BCUT2D eigenvalue weighted by molar-refractivity contribution is 7.88. The predicted octanol–water partition coefficient (Wildman–Crippen LogP) is 1.81. The zero-order valence-electron chi connectivity index (χ0n) is 16.4. The van der Waals surface area contributed by atoms with E-state index < -0.39 is 10.0 Å². The molecule has 0 unspecified atom stereocenters. The third-order valence-electron chi connectivity index (χ3n) is 5.47. The maximum atomic E-state index is 12.7. The van der Waals surface area contributed by atoms with E-state index in [0.29, 0.717) is 31.6 Å². The number of rotatable bonds is 5. The Morgan fingerprint density at radius 2 is 1.90 bits per heavy atom. The van der Waals surface area contributed by atoms with E-state index in [4.69, 9.17) is 0 Å². The van der Waals surface area contributed by atoms with Crippen molar-refractivity contribution in [1.29, 1.82) is 0 Å². The number of carbonyl (C=O) groups is 1. The van der Waals surface area contributed by atoms with E-state index in [0.717, 1.165) is 22.2 Å². The minimum absolute atomic E-state index is 0.112. The molecule has 8 nitrogen and oxygen atoms in total. The first-order valence-electron chi connectivity index (χ1n) is 9.50. The molecule has 0 amide bonds. The molecule has 1 fully saturated rings. The van der Waals surface area contributed by atoms with E-state index in [1.54, 1.807) is 24.9 Å².